The van der Waals surface area contributed by atoms with Crippen molar-refractivity contribution in [2.24, 2.45) is 17.8 Å². The van der Waals surface area contributed by atoms with Crippen molar-refractivity contribution >= 4 is 47.1 Å². The number of methoxy groups -OCH3 is 4. The first-order chi connectivity index (χ1) is 17.2. The molecule has 0 saturated carbocycles. The van der Waals surface area contributed by atoms with E-state index in [4.69, 9.17) is 42.1 Å². The van der Waals surface area contributed by atoms with Crippen molar-refractivity contribution in [3.05, 3.63) is 69.2 Å². The molecule has 3 rings (SSSR count). The minimum atomic E-state index is -1.41. The molecule has 3 unspecified atom stereocenters. The molecule has 0 spiro atoms. The number of rotatable bonds is 7. The highest BCUT2D eigenvalue weighted by Gasteiger charge is 2.53. The van der Waals surface area contributed by atoms with Gasteiger partial charge in [0, 0.05) is 16.0 Å². The Balaban J connectivity index is 2.39. The van der Waals surface area contributed by atoms with E-state index in [2.05, 4.69) is 0 Å². The van der Waals surface area contributed by atoms with Crippen LogP contribution in [0.3, 0.4) is 0 Å². The molecule has 0 amide bonds. The molecule has 192 valence electrons. The molecule has 10 heteroatoms. The Hall–Kier alpha value is -3.10. The summed E-state index contributed by atoms with van der Waals surface area (Å²) in [5, 5.41) is 0.806. The van der Waals surface area contributed by atoms with Gasteiger partial charge >= 0.3 is 23.9 Å². The Morgan fingerprint density at radius 1 is 0.750 bits per heavy atom. The van der Waals surface area contributed by atoms with Crippen molar-refractivity contribution in [1.82, 2.24) is 0 Å². The quantitative estimate of drug-likeness (QED) is 0.297. The summed E-state index contributed by atoms with van der Waals surface area (Å²) in [5.74, 6) is -8.49. The third-order valence-corrected chi connectivity index (χ3v) is 7.08. The summed E-state index contributed by atoms with van der Waals surface area (Å²) >= 11 is 12.6. The number of carbonyl (C=O) groups is 4. The van der Waals surface area contributed by atoms with Crippen molar-refractivity contribution in [1.29, 1.82) is 0 Å². The number of ether oxygens (including phenoxy) is 4. The van der Waals surface area contributed by atoms with Crippen LogP contribution in [0.5, 0.6) is 0 Å². The number of benzene rings is 2. The highest BCUT2D eigenvalue weighted by Crippen LogP contribution is 2.53. The van der Waals surface area contributed by atoms with E-state index in [0.29, 0.717) is 26.7 Å². The predicted molar refractivity (Wildman–Crippen MR) is 131 cm³/mol. The number of hydrogen-bond donors (Lipinski definition) is 0. The van der Waals surface area contributed by atoms with Gasteiger partial charge < -0.3 is 18.9 Å². The highest BCUT2D eigenvalue weighted by atomic mass is 35.5. The molecule has 2 aromatic rings. The molecule has 2 aromatic carbocycles. The van der Waals surface area contributed by atoms with Gasteiger partial charge in [0.05, 0.1) is 28.4 Å². The summed E-state index contributed by atoms with van der Waals surface area (Å²) < 4.78 is 19.9. The van der Waals surface area contributed by atoms with Gasteiger partial charge in [0.2, 0.25) is 0 Å². The summed E-state index contributed by atoms with van der Waals surface area (Å²) in [4.78, 5) is 51.9. The van der Waals surface area contributed by atoms with Crippen LogP contribution in [0.4, 0.5) is 0 Å². The van der Waals surface area contributed by atoms with E-state index in [1.54, 1.807) is 42.5 Å². The molecule has 36 heavy (non-hydrogen) atoms. The number of carbonyl (C=O) groups excluding carboxylic acids is 4. The molecule has 0 aromatic heterocycles. The molecule has 0 N–H and O–H groups in total. The topological polar surface area (TPSA) is 105 Å². The second-order valence-electron chi connectivity index (χ2n) is 8.37. The van der Waals surface area contributed by atoms with E-state index in [1.807, 2.05) is 0 Å². The lowest BCUT2D eigenvalue weighted by atomic mass is 9.59. The summed E-state index contributed by atoms with van der Waals surface area (Å²) in [5.41, 5.74) is 1.90. The number of fused-ring (bicyclic) bond motifs is 1. The molecule has 0 radical (unpaired) electrons. The van der Waals surface area contributed by atoms with Crippen LogP contribution in [0.2, 0.25) is 10.0 Å². The molecule has 0 aliphatic heterocycles. The maximum absolute atomic E-state index is 13.0. The van der Waals surface area contributed by atoms with E-state index in [0.717, 1.165) is 0 Å². The summed E-state index contributed by atoms with van der Waals surface area (Å²) in [6.07, 6.45) is 0.202. The van der Waals surface area contributed by atoms with Crippen molar-refractivity contribution in [3.8, 4) is 0 Å². The summed E-state index contributed by atoms with van der Waals surface area (Å²) in [6.45, 7) is 0. The number of hydrogen-bond acceptors (Lipinski definition) is 8. The maximum Gasteiger partial charge on any atom is 0.320 e. The maximum atomic E-state index is 13.0. The van der Waals surface area contributed by atoms with Crippen LogP contribution in [0, 0.1) is 17.8 Å². The fraction of sp³-hybridized carbons (Fsp3) is 0.385. The minimum Gasteiger partial charge on any atom is -0.468 e. The van der Waals surface area contributed by atoms with E-state index >= 15 is 0 Å². The van der Waals surface area contributed by atoms with Gasteiger partial charge in [-0.2, -0.15) is 0 Å². The molecular weight excluding hydrogens is 511 g/mol. The first kappa shape index (κ1) is 27.5. The van der Waals surface area contributed by atoms with Crippen LogP contribution < -0.4 is 0 Å². The van der Waals surface area contributed by atoms with Gasteiger partial charge in [-0.3, -0.25) is 19.2 Å². The summed E-state index contributed by atoms with van der Waals surface area (Å²) in [6, 6.07) is 11.9. The van der Waals surface area contributed by atoms with Gasteiger partial charge in [0.15, 0.2) is 11.8 Å². The fourth-order valence-electron chi connectivity index (χ4n) is 5.14. The molecule has 0 bridgehead atoms. The Kier molecular flexibility index (Phi) is 8.98. The number of halogens is 2. The Labute approximate surface area is 218 Å². The van der Waals surface area contributed by atoms with E-state index < -0.39 is 53.5 Å². The highest BCUT2D eigenvalue weighted by molar-refractivity contribution is 6.31. The molecule has 1 aliphatic rings. The zero-order valence-electron chi connectivity index (χ0n) is 20.2. The Morgan fingerprint density at radius 3 is 1.81 bits per heavy atom. The second kappa shape index (κ2) is 11.8. The smallest absolute Gasteiger partial charge is 0.320 e. The molecule has 0 saturated heterocycles. The largest absolute Gasteiger partial charge is 0.468 e. The van der Waals surface area contributed by atoms with Crippen LogP contribution in [0.25, 0.3) is 0 Å². The van der Waals surface area contributed by atoms with Gasteiger partial charge in [-0.25, -0.2) is 0 Å². The van der Waals surface area contributed by atoms with E-state index in [-0.39, 0.29) is 6.42 Å². The third-order valence-electron chi connectivity index (χ3n) is 6.61. The second-order valence-corrected chi connectivity index (χ2v) is 9.24. The first-order valence-corrected chi connectivity index (χ1v) is 11.8. The van der Waals surface area contributed by atoms with Crippen LogP contribution in [0.15, 0.2) is 42.5 Å². The lowest BCUT2D eigenvalue weighted by Crippen LogP contribution is -2.45. The Bertz CT molecular complexity index is 1130. The molecule has 0 heterocycles. The zero-order valence-corrected chi connectivity index (χ0v) is 21.7. The summed E-state index contributed by atoms with van der Waals surface area (Å²) in [7, 11) is 4.68. The van der Waals surface area contributed by atoms with Crippen LogP contribution in [0.1, 0.15) is 28.5 Å². The van der Waals surface area contributed by atoms with Crippen LogP contribution >= 0.6 is 23.2 Å². The molecule has 3 atom stereocenters. The normalized spacial score (nSPS) is 18.8. The average molecular weight is 537 g/mol. The van der Waals surface area contributed by atoms with Crippen LogP contribution in [-0.2, 0) is 44.5 Å². The van der Waals surface area contributed by atoms with Gasteiger partial charge in [-0.15, -0.1) is 0 Å². The van der Waals surface area contributed by atoms with E-state index in [9.17, 15) is 19.2 Å². The Morgan fingerprint density at radius 2 is 1.28 bits per heavy atom. The average Bonchev–Trinajstić information content (AvgIpc) is 2.87. The lowest BCUT2D eigenvalue weighted by Gasteiger charge is -2.43. The molecule has 0 fully saturated rings. The zero-order chi connectivity index (χ0) is 26.6. The molecule has 8 nitrogen and oxygen atoms in total. The fourth-order valence-corrected chi connectivity index (χ4v) is 5.53. The SMILES string of the molecule is COC(=O)C(C(=O)OC)C1Cc2cc(Cl)ccc2C(C(C(=O)OC)C(=O)OC)C1c1cccc(Cl)c1. The minimum absolute atomic E-state index is 0.202. The lowest BCUT2D eigenvalue weighted by molar-refractivity contribution is -0.162. The number of esters is 4. The van der Waals surface area contributed by atoms with Gasteiger partial charge in [-0.05, 0) is 59.2 Å². The van der Waals surface area contributed by atoms with Crippen molar-refractivity contribution in [3.63, 3.8) is 0 Å². The van der Waals surface area contributed by atoms with Gasteiger partial charge in [0.1, 0.15) is 0 Å². The molecular formula is C26H26Cl2O8. The molecule has 1 aliphatic carbocycles. The monoisotopic (exact) mass is 536 g/mol. The van der Waals surface area contributed by atoms with Crippen molar-refractivity contribution in [2.75, 3.05) is 28.4 Å². The standard InChI is InChI=1S/C26H26Cl2O8/c1-33-23(29)21(24(30)34-2)18-12-14-11-16(28)8-9-17(14)20(22(25(31)35-3)26(32)36-4)19(18)13-6-5-7-15(27)10-13/h5-11,18-22H,12H2,1-4H3. The van der Waals surface area contributed by atoms with Crippen LogP contribution in [-0.4, -0.2) is 52.3 Å². The first-order valence-electron chi connectivity index (χ1n) is 11.0. The van der Waals surface area contributed by atoms with Gasteiger partial charge in [-0.1, -0.05) is 41.4 Å². The van der Waals surface area contributed by atoms with Gasteiger partial charge in [0.25, 0.3) is 0 Å². The van der Waals surface area contributed by atoms with Crippen molar-refractivity contribution < 1.29 is 38.1 Å². The van der Waals surface area contributed by atoms with Crippen molar-refractivity contribution in [2.45, 2.75) is 18.3 Å². The predicted octanol–water partition coefficient (Wildman–Crippen LogP) is 3.96. The van der Waals surface area contributed by atoms with E-state index in [1.165, 1.54) is 28.4 Å². The third kappa shape index (κ3) is 5.34.